The van der Waals surface area contributed by atoms with Crippen LogP contribution in [0, 0.1) is 6.92 Å². The molecule has 0 aromatic heterocycles. The van der Waals surface area contributed by atoms with Crippen molar-refractivity contribution >= 4 is 33.1 Å². The van der Waals surface area contributed by atoms with Crippen molar-refractivity contribution in [3.8, 4) is 0 Å². The fraction of sp³-hybridized carbons (Fsp3) is 0.588. The summed E-state index contributed by atoms with van der Waals surface area (Å²) < 4.78 is 23.4. The number of carboxylic acid groups (broad SMARTS) is 1. The summed E-state index contributed by atoms with van der Waals surface area (Å²) in [5, 5.41) is 9.50. The lowest BCUT2D eigenvalue weighted by molar-refractivity contribution is 0.0696. The van der Waals surface area contributed by atoms with Gasteiger partial charge in [0.2, 0.25) is 0 Å². The van der Waals surface area contributed by atoms with Crippen LogP contribution in [0.5, 0.6) is 0 Å². The van der Waals surface area contributed by atoms with Crippen molar-refractivity contribution in [2.24, 2.45) is 0 Å². The first-order valence-electron chi connectivity index (χ1n) is 8.14. The van der Waals surface area contributed by atoms with E-state index in [1.807, 2.05) is 6.92 Å². The van der Waals surface area contributed by atoms with Gasteiger partial charge in [-0.05, 0) is 57.2 Å². The third-order valence-electron chi connectivity index (χ3n) is 4.92. The van der Waals surface area contributed by atoms with Crippen LogP contribution < -0.4 is 4.90 Å². The molecule has 1 aliphatic rings. The Morgan fingerprint density at radius 3 is 2.33 bits per heavy atom. The predicted octanol–water partition coefficient (Wildman–Crippen LogP) is 3.53. The van der Waals surface area contributed by atoms with E-state index in [0.717, 1.165) is 18.5 Å². The maximum Gasteiger partial charge on any atom is 0.336 e. The number of halogens is 1. The van der Waals surface area contributed by atoms with Crippen molar-refractivity contribution < 1.29 is 18.3 Å². The molecule has 0 saturated heterocycles. The molecule has 1 aromatic rings. The average Bonchev–Trinajstić information content (AvgIpc) is 2.50. The zero-order chi connectivity index (χ0) is 18.1. The lowest BCUT2D eigenvalue weighted by Gasteiger charge is -2.38. The molecule has 0 aliphatic heterocycles. The molecule has 0 amide bonds. The second-order valence-corrected chi connectivity index (χ2v) is 9.21. The quantitative estimate of drug-likeness (QED) is 0.854. The number of nitrogens with zero attached hydrogens (tertiary/aromatic N) is 1. The molecule has 5 nitrogen and oxygen atoms in total. The highest BCUT2D eigenvalue weighted by atomic mass is 35.5. The number of carboxylic acids is 1. The summed E-state index contributed by atoms with van der Waals surface area (Å²) in [6.45, 7) is 4.53. The number of sulfone groups is 1. The summed E-state index contributed by atoms with van der Waals surface area (Å²) in [4.78, 5) is 13.6. The van der Waals surface area contributed by atoms with Crippen molar-refractivity contribution in [1.29, 1.82) is 0 Å². The molecular weight excluding hydrogens is 350 g/mol. The van der Waals surface area contributed by atoms with Crippen molar-refractivity contribution in [3.05, 3.63) is 28.3 Å². The Kier molecular flexibility index (Phi) is 5.81. The Bertz CT molecular complexity index is 724. The zero-order valence-corrected chi connectivity index (χ0v) is 15.8. The van der Waals surface area contributed by atoms with Crippen LogP contribution in [0.3, 0.4) is 0 Å². The minimum absolute atomic E-state index is 0.201. The number of carbonyl (C=O) groups is 1. The molecule has 7 heteroatoms. The highest BCUT2D eigenvalue weighted by Gasteiger charge is 2.31. The van der Waals surface area contributed by atoms with Crippen LogP contribution >= 0.6 is 11.6 Å². The monoisotopic (exact) mass is 373 g/mol. The van der Waals surface area contributed by atoms with E-state index < -0.39 is 15.8 Å². The lowest BCUT2D eigenvalue weighted by atomic mass is 9.92. The van der Waals surface area contributed by atoms with Gasteiger partial charge < -0.3 is 10.0 Å². The molecule has 2 rings (SSSR count). The smallest absolute Gasteiger partial charge is 0.336 e. The van der Waals surface area contributed by atoms with Gasteiger partial charge in [-0.15, -0.1) is 0 Å². The van der Waals surface area contributed by atoms with E-state index >= 15 is 0 Å². The Morgan fingerprint density at radius 1 is 1.29 bits per heavy atom. The van der Waals surface area contributed by atoms with Crippen LogP contribution in [0.2, 0.25) is 5.02 Å². The summed E-state index contributed by atoms with van der Waals surface area (Å²) in [6, 6.07) is 3.47. The molecule has 1 saturated carbocycles. The van der Waals surface area contributed by atoms with Gasteiger partial charge in [0.15, 0.2) is 0 Å². The Balaban J connectivity index is 2.29. The second-order valence-electron chi connectivity index (χ2n) is 6.45. The maximum absolute atomic E-state index is 11.7. The van der Waals surface area contributed by atoms with Gasteiger partial charge >= 0.3 is 5.97 Å². The molecule has 1 aliphatic carbocycles. The number of anilines is 1. The van der Waals surface area contributed by atoms with E-state index in [2.05, 4.69) is 4.90 Å². The van der Waals surface area contributed by atoms with Crippen LogP contribution in [0.4, 0.5) is 5.69 Å². The van der Waals surface area contributed by atoms with Crippen LogP contribution in [0.15, 0.2) is 12.1 Å². The molecule has 0 atom stereocenters. The van der Waals surface area contributed by atoms with E-state index in [1.54, 1.807) is 13.0 Å². The van der Waals surface area contributed by atoms with E-state index in [-0.39, 0.29) is 16.9 Å². The molecule has 134 valence electrons. The molecule has 1 N–H and O–H groups in total. The molecule has 0 bridgehead atoms. The number of hydrogen-bond donors (Lipinski definition) is 1. The normalized spacial score (nSPS) is 21.5. The van der Waals surface area contributed by atoms with Gasteiger partial charge in [-0.2, -0.15) is 0 Å². The van der Waals surface area contributed by atoms with E-state index in [1.165, 1.54) is 12.3 Å². The number of hydrogen-bond acceptors (Lipinski definition) is 4. The van der Waals surface area contributed by atoms with Crippen LogP contribution in [-0.4, -0.2) is 43.6 Å². The van der Waals surface area contributed by atoms with Gasteiger partial charge in [-0.3, -0.25) is 0 Å². The van der Waals surface area contributed by atoms with Gasteiger partial charge in [0.05, 0.1) is 10.8 Å². The minimum Gasteiger partial charge on any atom is -0.478 e. The Morgan fingerprint density at radius 2 is 1.88 bits per heavy atom. The van der Waals surface area contributed by atoms with E-state index in [0.29, 0.717) is 30.0 Å². The fourth-order valence-corrected chi connectivity index (χ4v) is 4.94. The van der Waals surface area contributed by atoms with E-state index in [9.17, 15) is 18.3 Å². The van der Waals surface area contributed by atoms with Gasteiger partial charge in [-0.25, -0.2) is 13.2 Å². The summed E-state index contributed by atoms with van der Waals surface area (Å²) in [5.74, 6) is -0.993. The summed E-state index contributed by atoms with van der Waals surface area (Å²) >= 11 is 6.12. The standard InChI is InChI=1S/C17H24ClNO4S/c1-4-19(13-5-7-14(8-6-13)24(3,22)23)16-10-12(18)9-15(11(16)2)17(20)21/h9-10,13-14H,4-8H2,1-3H3,(H,20,21)/t13-,14-. The first-order valence-corrected chi connectivity index (χ1v) is 10.5. The predicted molar refractivity (Wildman–Crippen MR) is 97.1 cm³/mol. The summed E-state index contributed by atoms with van der Waals surface area (Å²) in [6.07, 6.45) is 4.15. The average molecular weight is 374 g/mol. The highest BCUT2D eigenvalue weighted by molar-refractivity contribution is 7.91. The van der Waals surface area contributed by atoms with E-state index in [4.69, 9.17) is 11.6 Å². The molecule has 0 spiro atoms. The summed E-state index contributed by atoms with van der Waals surface area (Å²) in [5.41, 5.74) is 1.73. The summed E-state index contributed by atoms with van der Waals surface area (Å²) in [7, 11) is -3.00. The Hall–Kier alpha value is -1.27. The van der Waals surface area contributed by atoms with Crippen molar-refractivity contribution in [2.75, 3.05) is 17.7 Å². The number of aromatic carboxylic acids is 1. The van der Waals surface area contributed by atoms with Crippen LogP contribution in [0.1, 0.15) is 48.5 Å². The van der Waals surface area contributed by atoms with Crippen molar-refractivity contribution in [1.82, 2.24) is 0 Å². The third-order valence-corrected chi connectivity index (χ3v) is 6.82. The maximum atomic E-state index is 11.7. The molecule has 1 aromatic carbocycles. The van der Waals surface area contributed by atoms with Gasteiger partial charge in [0.25, 0.3) is 0 Å². The Labute approximate surface area is 148 Å². The van der Waals surface area contributed by atoms with Gasteiger partial charge in [-0.1, -0.05) is 11.6 Å². The number of rotatable bonds is 5. The van der Waals surface area contributed by atoms with Crippen molar-refractivity contribution in [2.45, 2.75) is 50.8 Å². The molecule has 0 heterocycles. The molecule has 1 fully saturated rings. The first kappa shape index (κ1) is 19.1. The fourth-order valence-electron chi connectivity index (χ4n) is 3.60. The lowest BCUT2D eigenvalue weighted by Crippen LogP contribution is -2.41. The third kappa shape index (κ3) is 4.03. The SMILES string of the molecule is CCN(c1cc(Cl)cc(C(=O)O)c1C)[C@H]1CC[C@H](S(C)(=O)=O)CC1. The van der Waals surface area contributed by atoms with Gasteiger partial charge in [0, 0.05) is 29.6 Å². The molecule has 0 radical (unpaired) electrons. The highest BCUT2D eigenvalue weighted by Crippen LogP contribution is 2.34. The zero-order valence-electron chi connectivity index (χ0n) is 14.3. The van der Waals surface area contributed by atoms with Crippen molar-refractivity contribution in [3.63, 3.8) is 0 Å². The largest absolute Gasteiger partial charge is 0.478 e. The number of benzene rings is 1. The topological polar surface area (TPSA) is 74.7 Å². The second kappa shape index (κ2) is 7.31. The van der Waals surface area contributed by atoms with Gasteiger partial charge in [0.1, 0.15) is 9.84 Å². The van der Waals surface area contributed by atoms with Crippen LogP contribution in [0.25, 0.3) is 0 Å². The minimum atomic E-state index is -3.00. The molecule has 24 heavy (non-hydrogen) atoms. The molecular formula is C17H24ClNO4S. The first-order chi connectivity index (χ1) is 11.1. The molecule has 0 unspecified atom stereocenters. The van der Waals surface area contributed by atoms with Crippen LogP contribution in [-0.2, 0) is 9.84 Å².